The summed E-state index contributed by atoms with van der Waals surface area (Å²) >= 11 is 6.40. The third-order valence-corrected chi connectivity index (χ3v) is 3.99. The molecule has 4 nitrogen and oxygen atoms in total. The van der Waals surface area contributed by atoms with Crippen LogP contribution in [0, 0.1) is 0 Å². The van der Waals surface area contributed by atoms with E-state index in [2.05, 4.69) is 5.10 Å². The van der Waals surface area contributed by atoms with E-state index in [4.69, 9.17) is 16.6 Å². The van der Waals surface area contributed by atoms with Gasteiger partial charge in [0.05, 0.1) is 17.4 Å². The van der Waals surface area contributed by atoms with Crippen LogP contribution >= 0.6 is 24.0 Å². The van der Waals surface area contributed by atoms with E-state index in [0.717, 1.165) is 5.56 Å². The van der Waals surface area contributed by atoms with Gasteiger partial charge in [-0.25, -0.2) is 0 Å². The second-order valence-electron chi connectivity index (χ2n) is 4.16. The normalized spacial score (nSPS) is 17.3. The van der Waals surface area contributed by atoms with Crippen LogP contribution in [0.25, 0.3) is 6.08 Å². The van der Waals surface area contributed by atoms with Crippen molar-refractivity contribution < 1.29 is 9.21 Å². The molecule has 1 aromatic carbocycles. The molecule has 1 saturated heterocycles. The second kappa shape index (κ2) is 6.07. The third-order valence-electron chi connectivity index (χ3n) is 2.71. The number of carbonyl (C=O) groups excluding carboxylic acids is 1. The van der Waals surface area contributed by atoms with Crippen molar-refractivity contribution in [2.24, 2.45) is 5.10 Å². The Balaban J connectivity index is 1.80. The largest absolute Gasteiger partial charge is 0.465 e. The van der Waals surface area contributed by atoms with Crippen molar-refractivity contribution in [3.63, 3.8) is 0 Å². The van der Waals surface area contributed by atoms with Gasteiger partial charge in [-0.2, -0.15) is 10.1 Å². The lowest BCUT2D eigenvalue weighted by Gasteiger charge is -2.05. The first-order valence-electron chi connectivity index (χ1n) is 6.14. The number of furan rings is 1. The molecule has 0 atom stereocenters. The van der Waals surface area contributed by atoms with Gasteiger partial charge in [0, 0.05) is 6.08 Å². The molecule has 0 spiro atoms. The van der Waals surface area contributed by atoms with E-state index in [9.17, 15) is 4.79 Å². The molecule has 1 aromatic heterocycles. The summed E-state index contributed by atoms with van der Waals surface area (Å²) in [5, 5.41) is 5.38. The molecule has 104 valence electrons. The number of thioether (sulfide) groups is 1. The number of hydrogen-bond acceptors (Lipinski definition) is 5. The maximum Gasteiger partial charge on any atom is 0.286 e. The molecule has 0 aliphatic carbocycles. The van der Waals surface area contributed by atoms with Crippen molar-refractivity contribution in [1.82, 2.24) is 5.01 Å². The van der Waals surface area contributed by atoms with Crippen LogP contribution in [-0.2, 0) is 4.79 Å². The molecular weight excluding hydrogens is 304 g/mol. The van der Waals surface area contributed by atoms with Gasteiger partial charge in [-0.3, -0.25) is 4.79 Å². The zero-order chi connectivity index (χ0) is 14.7. The van der Waals surface area contributed by atoms with Crippen LogP contribution in [0.4, 0.5) is 0 Å². The van der Waals surface area contributed by atoms with Crippen LogP contribution in [0.15, 0.2) is 63.2 Å². The van der Waals surface area contributed by atoms with Crippen LogP contribution in [0.1, 0.15) is 11.3 Å². The molecule has 1 amide bonds. The van der Waals surface area contributed by atoms with E-state index in [1.165, 1.54) is 16.8 Å². The Labute approximate surface area is 131 Å². The van der Waals surface area contributed by atoms with Crippen molar-refractivity contribution in [3.8, 4) is 0 Å². The molecule has 0 bridgehead atoms. The monoisotopic (exact) mass is 314 g/mol. The maximum absolute atomic E-state index is 12.3. The molecule has 1 aliphatic heterocycles. The summed E-state index contributed by atoms with van der Waals surface area (Å²) in [6.45, 7) is 0. The Morgan fingerprint density at radius 1 is 1.19 bits per heavy atom. The zero-order valence-corrected chi connectivity index (χ0v) is 12.4. The first-order valence-corrected chi connectivity index (χ1v) is 7.37. The minimum Gasteiger partial charge on any atom is -0.465 e. The average Bonchev–Trinajstić information content (AvgIpc) is 3.09. The number of carbonyl (C=O) groups is 1. The molecule has 2 heterocycles. The van der Waals surface area contributed by atoms with Gasteiger partial charge in [0.2, 0.25) is 0 Å². The Bertz CT molecular complexity index is 721. The van der Waals surface area contributed by atoms with Gasteiger partial charge in [0.25, 0.3) is 5.91 Å². The van der Waals surface area contributed by atoms with Gasteiger partial charge in [0.1, 0.15) is 5.76 Å². The SMILES string of the molecule is O=C1/C(=C\c2ccco2)SC(=S)N1/N=C/c1ccccc1. The number of nitrogens with zero attached hydrogens (tertiary/aromatic N) is 2. The Morgan fingerprint density at radius 2 is 2.00 bits per heavy atom. The van der Waals surface area contributed by atoms with Gasteiger partial charge in [-0.05, 0) is 29.9 Å². The van der Waals surface area contributed by atoms with E-state index in [0.29, 0.717) is 15.0 Å². The summed E-state index contributed by atoms with van der Waals surface area (Å²) in [6.07, 6.45) is 4.83. The summed E-state index contributed by atoms with van der Waals surface area (Å²) in [4.78, 5) is 12.8. The minimum atomic E-state index is -0.242. The molecule has 21 heavy (non-hydrogen) atoms. The lowest BCUT2D eigenvalue weighted by atomic mass is 10.2. The predicted molar refractivity (Wildman–Crippen MR) is 87.8 cm³/mol. The number of amides is 1. The molecule has 0 saturated carbocycles. The van der Waals surface area contributed by atoms with Gasteiger partial charge in [0.15, 0.2) is 4.32 Å². The standard InChI is InChI=1S/C15H10N2O2S2/c18-14-13(9-12-7-4-8-19-12)21-15(20)17(14)16-10-11-5-2-1-3-6-11/h1-10H/b13-9+,16-10+. The molecule has 6 heteroatoms. The van der Waals surface area contributed by atoms with Crippen molar-refractivity contribution in [2.75, 3.05) is 0 Å². The Hall–Kier alpha value is -2.18. The lowest BCUT2D eigenvalue weighted by Crippen LogP contribution is -2.22. The highest BCUT2D eigenvalue weighted by Crippen LogP contribution is 2.32. The summed E-state index contributed by atoms with van der Waals surface area (Å²) in [6, 6.07) is 13.1. The van der Waals surface area contributed by atoms with Gasteiger partial charge >= 0.3 is 0 Å². The van der Waals surface area contributed by atoms with Gasteiger partial charge in [-0.15, -0.1) is 0 Å². The lowest BCUT2D eigenvalue weighted by molar-refractivity contribution is -0.122. The topological polar surface area (TPSA) is 45.8 Å². The van der Waals surface area contributed by atoms with E-state index >= 15 is 0 Å². The molecule has 0 N–H and O–H groups in total. The van der Waals surface area contributed by atoms with Crippen LogP contribution < -0.4 is 0 Å². The third kappa shape index (κ3) is 3.12. The summed E-state index contributed by atoms with van der Waals surface area (Å²) in [5.41, 5.74) is 0.904. The Morgan fingerprint density at radius 3 is 2.71 bits per heavy atom. The molecule has 0 unspecified atom stereocenters. The summed E-state index contributed by atoms with van der Waals surface area (Å²) in [7, 11) is 0. The van der Waals surface area contributed by atoms with Crippen LogP contribution in [0.3, 0.4) is 0 Å². The highest BCUT2D eigenvalue weighted by molar-refractivity contribution is 8.26. The first-order chi connectivity index (χ1) is 10.2. The van der Waals surface area contributed by atoms with Crippen molar-refractivity contribution in [2.45, 2.75) is 0 Å². The smallest absolute Gasteiger partial charge is 0.286 e. The van der Waals surface area contributed by atoms with Crippen molar-refractivity contribution in [1.29, 1.82) is 0 Å². The van der Waals surface area contributed by atoms with Crippen LogP contribution in [0.2, 0.25) is 0 Å². The summed E-state index contributed by atoms with van der Waals surface area (Å²) < 4.78 is 5.61. The number of thiocarbonyl (C=S) groups is 1. The van der Waals surface area contributed by atoms with Crippen LogP contribution in [-0.4, -0.2) is 21.5 Å². The number of rotatable bonds is 3. The van der Waals surface area contributed by atoms with Crippen molar-refractivity contribution in [3.05, 3.63) is 65.0 Å². The fourth-order valence-corrected chi connectivity index (χ4v) is 2.88. The average molecular weight is 314 g/mol. The highest BCUT2D eigenvalue weighted by atomic mass is 32.2. The van der Waals surface area contributed by atoms with E-state index in [1.807, 2.05) is 30.3 Å². The molecule has 0 radical (unpaired) electrons. The predicted octanol–water partition coefficient (Wildman–Crippen LogP) is 3.51. The van der Waals surface area contributed by atoms with Gasteiger partial charge in [-0.1, -0.05) is 42.1 Å². The molecule has 3 rings (SSSR count). The van der Waals surface area contributed by atoms with Crippen LogP contribution in [0.5, 0.6) is 0 Å². The van der Waals surface area contributed by atoms with E-state index < -0.39 is 0 Å². The van der Waals surface area contributed by atoms with Crippen molar-refractivity contribution >= 4 is 46.5 Å². The number of hydrogen-bond donors (Lipinski definition) is 0. The minimum absolute atomic E-state index is 0.242. The first kappa shape index (κ1) is 13.8. The molecular formula is C15H10N2O2S2. The molecule has 1 fully saturated rings. The fourth-order valence-electron chi connectivity index (χ4n) is 1.73. The van der Waals surface area contributed by atoms with E-state index in [-0.39, 0.29) is 5.91 Å². The highest BCUT2D eigenvalue weighted by Gasteiger charge is 2.32. The maximum atomic E-state index is 12.3. The number of hydrazone groups is 1. The second-order valence-corrected chi connectivity index (χ2v) is 5.84. The number of benzene rings is 1. The molecule has 1 aliphatic rings. The Kier molecular flexibility index (Phi) is 3.98. The quantitative estimate of drug-likeness (QED) is 0.494. The fraction of sp³-hybridized carbons (Fsp3) is 0. The van der Waals surface area contributed by atoms with E-state index in [1.54, 1.807) is 30.7 Å². The zero-order valence-electron chi connectivity index (χ0n) is 10.8. The van der Waals surface area contributed by atoms with Gasteiger partial charge < -0.3 is 4.42 Å². The summed E-state index contributed by atoms with van der Waals surface area (Å²) in [5.74, 6) is 0.371. The molecule has 2 aromatic rings.